The number of aliphatic carboxylic acids is 1. The van der Waals surface area contributed by atoms with Crippen molar-refractivity contribution in [1.82, 2.24) is 9.80 Å². The Morgan fingerprint density at radius 2 is 1.96 bits per heavy atom. The van der Waals surface area contributed by atoms with Gasteiger partial charge in [0.25, 0.3) is 0 Å². The molecule has 2 unspecified atom stereocenters. The van der Waals surface area contributed by atoms with E-state index in [1.807, 2.05) is 29.0 Å². The molecule has 3 rings (SSSR count). The largest absolute Gasteiger partial charge is 0.480 e. The fourth-order valence-electron chi connectivity index (χ4n) is 3.70. The van der Waals surface area contributed by atoms with Gasteiger partial charge in [0, 0.05) is 13.1 Å². The fraction of sp³-hybridized carbons (Fsp3) is 0.579. The van der Waals surface area contributed by atoms with Crippen LogP contribution < -0.4 is 0 Å². The van der Waals surface area contributed by atoms with E-state index in [1.54, 1.807) is 6.92 Å². The van der Waals surface area contributed by atoms with Crippen LogP contribution in [0, 0.1) is 0 Å². The molecule has 0 heterocycles. The highest BCUT2D eigenvalue weighted by atomic mass is 16.4. The Kier molecular flexibility index (Phi) is 4.90. The van der Waals surface area contributed by atoms with Gasteiger partial charge in [-0.05, 0) is 50.2 Å². The van der Waals surface area contributed by atoms with Crippen LogP contribution in [0.1, 0.15) is 49.8 Å². The molecule has 0 spiro atoms. The number of aryl methyl sites for hydroxylation is 1. The number of rotatable bonds is 6. The first-order valence-corrected chi connectivity index (χ1v) is 8.81. The molecular weight excluding hydrogens is 304 g/mol. The predicted molar refractivity (Wildman–Crippen MR) is 91.7 cm³/mol. The molecule has 1 aromatic carbocycles. The lowest BCUT2D eigenvalue weighted by molar-refractivity contribution is -0.144. The lowest BCUT2D eigenvalue weighted by Crippen LogP contribution is -2.47. The monoisotopic (exact) mass is 330 g/mol. The fourth-order valence-corrected chi connectivity index (χ4v) is 3.70. The highest BCUT2D eigenvalue weighted by Crippen LogP contribution is 2.34. The van der Waals surface area contributed by atoms with E-state index in [0.29, 0.717) is 0 Å². The molecule has 1 saturated carbocycles. The van der Waals surface area contributed by atoms with Gasteiger partial charge >= 0.3 is 5.97 Å². The number of nitrogens with zero attached hydrogens (tertiary/aromatic N) is 2. The van der Waals surface area contributed by atoms with Crippen LogP contribution in [0.15, 0.2) is 24.3 Å². The van der Waals surface area contributed by atoms with E-state index in [2.05, 4.69) is 12.1 Å². The minimum Gasteiger partial charge on any atom is -0.480 e. The van der Waals surface area contributed by atoms with Crippen molar-refractivity contribution in [2.45, 2.75) is 57.2 Å². The first-order valence-electron chi connectivity index (χ1n) is 8.81. The molecule has 24 heavy (non-hydrogen) atoms. The SMILES string of the molecule is CC(C(=O)O)N(CC(=O)N(C)C1CCCc2ccccc21)C1CC1. The van der Waals surface area contributed by atoms with Crippen LogP contribution in [-0.4, -0.2) is 52.5 Å². The number of benzene rings is 1. The van der Waals surface area contributed by atoms with Gasteiger partial charge in [-0.2, -0.15) is 0 Å². The smallest absolute Gasteiger partial charge is 0.320 e. The summed E-state index contributed by atoms with van der Waals surface area (Å²) in [7, 11) is 1.85. The number of carbonyl (C=O) groups is 2. The second-order valence-corrected chi connectivity index (χ2v) is 7.03. The van der Waals surface area contributed by atoms with E-state index in [1.165, 1.54) is 11.1 Å². The zero-order valence-electron chi connectivity index (χ0n) is 14.4. The number of likely N-dealkylation sites (N-methyl/N-ethyl adjacent to an activating group) is 1. The van der Waals surface area contributed by atoms with Crippen LogP contribution in [0.4, 0.5) is 0 Å². The molecule has 1 fully saturated rings. The average Bonchev–Trinajstić information content (AvgIpc) is 3.42. The number of carbonyl (C=O) groups excluding carboxylic acids is 1. The standard InChI is InChI=1S/C19H26N2O3/c1-13(19(23)24)21(15-10-11-15)12-18(22)20(2)17-9-5-7-14-6-3-4-8-16(14)17/h3-4,6,8,13,15,17H,5,7,9-12H2,1-2H3,(H,23,24). The Hall–Kier alpha value is -1.88. The quantitative estimate of drug-likeness (QED) is 0.870. The van der Waals surface area contributed by atoms with Crippen molar-refractivity contribution in [2.24, 2.45) is 0 Å². The molecule has 2 aliphatic carbocycles. The van der Waals surface area contributed by atoms with E-state index < -0.39 is 12.0 Å². The number of hydrogen-bond donors (Lipinski definition) is 1. The minimum atomic E-state index is -0.861. The number of carboxylic acid groups (broad SMARTS) is 1. The Bertz CT molecular complexity index is 627. The third kappa shape index (κ3) is 3.46. The van der Waals surface area contributed by atoms with Crippen LogP contribution in [0.2, 0.25) is 0 Å². The van der Waals surface area contributed by atoms with Gasteiger partial charge in [-0.3, -0.25) is 14.5 Å². The molecule has 1 amide bonds. The first kappa shape index (κ1) is 17.0. The Labute approximate surface area is 143 Å². The highest BCUT2D eigenvalue weighted by Gasteiger charge is 2.37. The predicted octanol–water partition coefficient (Wildman–Crippen LogP) is 2.46. The average molecular weight is 330 g/mol. The second kappa shape index (κ2) is 6.93. The van der Waals surface area contributed by atoms with Crippen LogP contribution in [0.3, 0.4) is 0 Å². The molecule has 5 nitrogen and oxygen atoms in total. The van der Waals surface area contributed by atoms with Crippen LogP contribution in [-0.2, 0) is 16.0 Å². The molecule has 0 aromatic heterocycles. The van der Waals surface area contributed by atoms with Crippen molar-refractivity contribution in [3.05, 3.63) is 35.4 Å². The number of carboxylic acids is 1. The van der Waals surface area contributed by atoms with Crippen molar-refractivity contribution in [2.75, 3.05) is 13.6 Å². The normalized spacial score (nSPS) is 21.2. The summed E-state index contributed by atoms with van der Waals surface area (Å²) in [6.45, 7) is 1.86. The zero-order valence-corrected chi connectivity index (χ0v) is 14.4. The van der Waals surface area contributed by atoms with E-state index in [0.717, 1.165) is 32.1 Å². The number of hydrogen-bond acceptors (Lipinski definition) is 3. The molecule has 130 valence electrons. The summed E-state index contributed by atoms with van der Waals surface area (Å²) in [4.78, 5) is 27.8. The number of amides is 1. The molecule has 2 aliphatic rings. The molecule has 0 saturated heterocycles. The van der Waals surface area contributed by atoms with Crippen molar-refractivity contribution in [1.29, 1.82) is 0 Å². The molecule has 0 radical (unpaired) electrons. The van der Waals surface area contributed by atoms with E-state index in [9.17, 15) is 14.7 Å². The van der Waals surface area contributed by atoms with Gasteiger partial charge in [-0.15, -0.1) is 0 Å². The summed E-state index contributed by atoms with van der Waals surface area (Å²) >= 11 is 0. The second-order valence-electron chi connectivity index (χ2n) is 7.03. The summed E-state index contributed by atoms with van der Waals surface area (Å²) in [5, 5.41) is 9.29. The molecule has 1 N–H and O–H groups in total. The van der Waals surface area contributed by atoms with Crippen molar-refractivity contribution in [3.63, 3.8) is 0 Å². The van der Waals surface area contributed by atoms with Crippen LogP contribution in [0.5, 0.6) is 0 Å². The van der Waals surface area contributed by atoms with Gasteiger partial charge in [0.1, 0.15) is 6.04 Å². The van der Waals surface area contributed by atoms with E-state index in [-0.39, 0.29) is 24.5 Å². The zero-order chi connectivity index (χ0) is 17.3. The van der Waals surface area contributed by atoms with Gasteiger partial charge < -0.3 is 10.0 Å². The molecular formula is C19H26N2O3. The highest BCUT2D eigenvalue weighted by molar-refractivity contribution is 5.80. The Balaban J connectivity index is 1.72. The van der Waals surface area contributed by atoms with E-state index >= 15 is 0 Å². The summed E-state index contributed by atoms with van der Waals surface area (Å²) in [6, 6.07) is 8.05. The maximum Gasteiger partial charge on any atom is 0.320 e. The van der Waals surface area contributed by atoms with Crippen molar-refractivity contribution >= 4 is 11.9 Å². The summed E-state index contributed by atoms with van der Waals surface area (Å²) in [6.07, 6.45) is 5.09. The van der Waals surface area contributed by atoms with Crippen molar-refractivity contribution in [3.8, 4) is 0 Å². The summed E-state index contributed by atoms with van der Waals surface area (Å²) < 4.78 is 0. The van der Waals surface area contributed by atoms with Gasteiger partial charge in [0.05, 0.1) is 12.6 Å². The Morgan fingerprint density at radius 1 is 1.25 bits per heavy atom. The maximum absolute atomic E-state index is 12.8. The van der Waals surface area contributed by atoms with Crippen molar-refractivity contribution < 1.29 is 14.7 Å². The molecule has 5 heteroatoms. The summed E-state index contributed by atoms with van der Waals surface area (Å²) in [5.74, 6) is -0.850. The molecule has 0 bridgehead atoms. The van der Waals surface area contributed by atoms with Crippen LogP contribution >= 0.6 is 0 Å². The lowest BCUT2D eigenvalue weighted by atomic mass is 9.87. The van der Waals surface area contributed by atoms with Crippen LogP contribution in [0.25, 0.3) is 0 Å². The topological polar surface area (TPSA) is 60.9 Å². The molecule has 2 atom stereocenters. The van der Waals surface area contributed by atoms with Gasteiger partial charge in [0.2, 0.25) is 5.91 Å². The molecule has 0 aliphatic heterocycles. The van der Waals surface area contributed by atoms with E-state index in [4.69, 9.17) is 0 Å². The first-order chi connectivity index (χ1) is 11.5. The van der Waals surface area contributed by atoms with Gasteiger partial charge in [-0.1, -0.05) is 24.3 Å². The van der Waals surface area contributed by atoms with Gasteiger partial charge in [0.15, 0.2) is 0 Å². The third-order valence-electron chi connectivity index (χ3n) is 5.39. The molecule has 1 aromatic rings. The number of fused-ring (bicyclic) bond motifs is 1. The lowest BCUT2D eigenvalue weighted by Gasteiger charge is -2.35. The Morgan fingerprint density at radius 3 is 2.62 bits per heavy atom. The van der Waals surface area contributed by atoms with Gasteiger partial charge in [-0.25, -0.2) is 0 Å². The summed E-state index contributed by atoms with van der Waals surface area (Å²) in [5.41, 5.74) is 2.57. The maximum atomic E-state index is 12.8. The minimum absolute atomic E-state index is 0.0108. The third-order valence-corrected chi connectivity index (χ3v) is 5.39.